The minimum absolute atomic E-state index is 0.0334. The van der Waals surface area contributed by atoms with E-state index in [1.165, 1.54) is 5.56 Å². The summed E-state index contributed by atoms with van der Waals surface area (Å²) in [6, 6.07) is 22.1. The van der Waals surface area contributed by atoms with Crippen molar-refractivity contribution in [1.82, 2.24) is 9.97 Å². The van der Waals surface area contributed by atoms with Crippen LogP contribution in [0.1, 0.15) is 5.56 Å². The number of benzene rings is 2. The number of hydrogen-bond acceptors (Lipinski definition) is 5. The summed E-state index contributed by atoms with van der Waals surface area (Å²) < 4.78 is 0. The van der Waals surface area contributed by atoms with E-state index in [1.807, 2.05) is 54.6 Å². The minimum Gasteiger partial charge on any atom is -0.395 e. The molecule has 0 amide bonds. The first-order valence-corrected chi connectivity index (χ1v) is 7.92. The van der Waals surface area contributed by atoms with Crippen molar-refractivity contribution in [2.45, 2.75) is 6.54 Å². The highest BCUT2D eigenvalue weighted by molar-refractivity contribution is 5.64. The van der Waals surface area contributed by atoms with Gasteiger partial charge in [0.2, 0.25) is 5.95 Å². The Hall–Kier alpha value is -2.92. The number of rotatable bonds is 7. The number of hydrogen-bond donors (Lipinski definition) is 3. The van der Waals surface area contributed by atoms with Crippen LogP contribution in [0.5, 0.6) is 0 Å². The van der Waals surface area contributed by atoms with Crippen molar-refractivity contribution in [1.29, 1.82) is 0 Å². The molecule has 2 aromatic carbocycles. The van der Waals surface area contributed by atoms with Gasteiger partial charge in [-0.25, -0.2) is 4.98 Å². The molecule has 5 heteroatoms. The van der Waals surface area contributed by atoms with Gasteiger partial charge in [0.05, 0.1) is 12.3 Å². The Kier molecular flexibility index (Phi) is 5.37. The first-order valence-electron chi connectivity index (χ1n) is 7.92. The van der Waals surface area contributed by atoms with E-state index in [-0.39, 0.29) is 6.61 Å². The maximum atomic E-state index is 9.00. The molecule has 5 nitrogen and oxygen atoms in total. The van der Waals surface area contributed by atoms with E-state index >= 15 is 0 Å². The Balaban J connectivity index is 1.84. The van der Waals surface area contributed by atoms with Gasteiger partial charge in [-0.3, -0.25) is 0 Å². The zero-order valence-electron chi connectivity index (χ0n) is 13.3. The second kappa shape index (κ2) is 8.08. The monoisotopic (exact) mass is 320 g/mol. The van der Waals surface area contributed by atoms with E-state index < -0.39 is 0 Å². The van der Waals surface area contributed by atoms with Gasteiger partial charge in [-0.15, -0.1) is 0 Å². The highest BCUT2D eigenvalue weighted by Crippen LogP contribution is 2.21. The molecule has 3 N–H and O–H groups in total. The van der Waals surface area contributed by atoms with Crippen molar-refractivity contribution in [2.24, 2.45) is 0 Å². The largest absolute Gasteiger partial charge is 0.395 e. The summed E-state index contributed by atoms with van der Waals surface area (Å²) >= 11 is 0. The molecule has 0 atom stereocenters. The van der Waals surface area contributed by atoms with Crippen molar-refractivity contribution in [3.63, 3.8) is 0 Å². The lowest BCUT2D eigenvalue weighted by Gasteiger charge is -2.11. The average Bonchev–Trinajstić information content (AvgIpc) is 2.66. The standard InChI is InChI=1S/C19H20N4O/c24-12-11-20-19-22-17(16-9-5-2-6-10-16)13-18(23-19)21-14-15-7-3-1-4-8-15/h1-10,13,24H,11-12,14H2,(H2,20,21,22,23). The number of anilines is 2. The zero-order chi connectivity index (χ0) is 16.6. The van der Waals surface area contributed by atoms with E-state index in [0.717, 1.165) is 17.1 Å². The summed E-state index contributed by atoms with van der Waals surface area (Å²) in [6.07, 6.45) is 0. The molecule has 0 unspecified atom stereocenters. The van der Waals surface area contributed by atoms with Crippen LogP contribution in [0.25, 0.3) is 11.3 Å². The maximum Gasteiger partial charge on any atom is 0.225 e. The highest BCUT2D eigenvalue weighted by atomic mass is 16.3. The van der Waals surface area contributed by atoms with E-state index in [2.05, 4.69) is 32.7 Å². The van der Waals surface area contributed by atoms with Crippen LogP contribution in [0.3, 0.4) is 0 Å². The Morgan fingerprint density at radius 1 is 0.833 bits per heavy atom. The molecule has 3 aromatic rings. The fourth-order valence-electron chi connectivity index (χ4n) is 2.33. The van der Waals surface area contributed by atoms with Gasteiger partial charge in [0, 0.05) is 24.7 Å². The Morgan fingerprint density at radius 3 is 2.25 bits per heavy atom. The van der Waals surface area contributed by atoms with Gasteiger partial charge in [-0.1, -0.05) is 60.7 Å². The lowest BCUT2D eigenvalue weighted by molar-refractivity contribution is 0.311. The molecule has 0 fully saturated rings. The van der Waals surface area contributed by atoms with E-state index in [1.54, 1.807) is 0 Å². The maximum absolute atomic E-state index is 9.00. The van der Waals surface area contributed by atoms with Gasteiger partial charge in [0.25, 0.3) is 0 Å². The molecule has 122 valence electrons. The fourth-order valence-corrected chi connectivity index (χ4v) is 2.33. The molecule has 3 rings (SSSR count). The smallest absolute Gasteiger partial charge is 0.225 e. The van der Waals surface area contributed by atoms with E-state index in [0.29, 0.717) is 19.0 Å². The van der Waals surface area contributed by atoms with Crippen LogP contribution >= 0.6 is 0 Å². The SMILES string of the molecule is OCCNc1nc(NCc2ccccc2)cc(-c2ccccc2)n1. The minimum atomic E-state index is 0.0334. The van der Waals surface area contributed by atoms with Crippen molar-refractivity contribution in [3.05, 3.63) is 72.3 Å². The third kappa shape index (κ3) is 4.30. The molecule has 1 aromatic heterocycles. The topological polar surface area (TPSA) is 70.1 Å². The lowest BCUT2D eigenvalue weighted by atomic mass is 10.1. The molecular weight excluding hydrogens is 300 g/mol. The average molecular weight is 320 g/mol. The summed E-state index contributed by atoms with van der Waals surface area (Å²) in [4.78, 5) is 8.99. The van der Waals surface area contributed by atoms with Crippen LogP contribution in [0.4, 0.5) is 11.8 Å². The lowest BCUT2D eigenvalue weighted by Crippen LogP contribution is -2.11. The Morgan fingerprint density at radius 2 is 1.54 bits per heavy atom. The molecule has 1 heterocycles. The molecule has 0 aliphatic rings. The van der Waals surface area contributed by atoms with Crippen molar-refractivity contribution in [3.8, 4) is 11.3 Å². The Labute approximate surface area is 141 Å². The third-order valence-electron chi connectivity index (χ3n) is 3.51. The summed E-state index contributed by atoms with van der Waals surface area (Å²) in [5.74, 6) is 1.24. The van der Waals surface area contributed by atoms with Gasteiger partial charge in [0.1, 0.15) is 5.82 Å². The van der Waals surface area contributed by atoms with E-state index in [4.69, 9.17) is 5.11 Å². The van der Waals surface area contributed by atoms with Crippen LogP contribution in [0, 0.1) is 0 Å². The predicted octanol–water partition coefficient (Wildman–Crippen LogP) is 3.16. The summed E-state index contributed by atoms with van der Waals surface area (Å²) in [7, 11) is 0. The summed E-state index contributed by atoms with van der Waals surface area (Å²) in [6.45, 7) is 1.13. The van der Waals surface area contributed by atoms with Gasteiger partial charge in [0.15, 0.2) is 0 Å². The van der Waals surface area contributed by atoms with Crippen LogP contribution in [-0.2, 0) is 6.54 Å². The first-order chi connectivity index (χ1) is 11.8. The van der Waals surface area contributed by atoms with E-state index in [9.17, 15) is 0 Å². The molecular formula is C19H20N4O. The van der Waals surface area contributed by atoms with Crippen LogP contribution < -0.4 is 10.6 Å². The molecule has 0 spiro atoms. The van der Waals surface area contributed by atoms with Crippen molar-refractivity contribution >= 4 is 11.8 Å². The third-order valence-corrected chi connectivity index (χ3v) is 3.51. The van der Waals surface area contributed by atoms with Crippen LogP contribution in [0.15, 0.2) is 66.7 Å². The van der Waals surface area contributed by atoms with Gasteiger partial charge < -0.3 is 15.7 Å². The quantitative estimate of drug-likeness (QED) is 0.624. The second-order valence-electron chi connectivity index (χ2n) is 5.32. The predicted molar refractivity (Wildman–Crippen MR) is 96.8 cm³/mol. The van der Waals surface area contributed by atoms with Gasteiger partial charge >= 0.3 is 0 Å². The van der Waals surface area contributed by atoms with Crippen molar-refractivity contribution < 1.29 is 5.11 Å². The molecule has 0 saturated heterocycles. The molecule has 0 bridgehead atoms. The first kappa shape index (κ1) is 16.0. The van der Waals surface area contributed by atoms with Crippen molar-refractivity contribution in [2.75, 3.05) is 23.8 Å². The zero-order valence-corrected chi connectivity index (χ0v) is 13.3. The van der Waals surface area contributed by atoms with Gasteiger partial charge in [-0.2, -0.15) is 4.98 Å². The number of nitrogens with one attached hydrogen (secondary N) is 2. The highest BCUT2D eigenvalue weighted by Gasteiger charge is 2.06. The summed E-state index contributed by atoms with van der Waals surface area (Å²) in [5, 5.41) is 15.4. The fraction of sp³-hybridized carbons (Fsp3) is 0.158. The number of nitrogens with zero attached hydrogens (tertiary/aromatic N) is 2. The van der Waals surface area contributed by atoms with Gasteiger partial charge in [-0.05, 0) is 5.56 Å². The summed E-state index contributed by atoms with van der Waals surface area (Å²) in [5.41, 5.74) is 3.04. The van der Waals surface area contributed by atoms with Crippen LogP contribution in [0.2, 0.25) is 0 Å². The molecule has 0 radical (unpaired) electrons. The molecule has 24 heavy (non-hydrogen) atoms. The Bertz CT molecular complexity index is 763. The second-order valence-corrected chi connectivity index (χ2v) is 5.32. The number of aromatic nitrogens is 2. The normalized spacial score (nSPS) is 10.4. The van der Waals surface area contributed by atoms with Crippen LogP contribution in [-0.4, -0.2) is 28.2 Å². The number of aliphatic hydroxyl groups excluding tert-OH is 1. The molecule has 0 saturated carbocycles. The molecule has 0 aliphatic heterocycles. The molecule has 0 aliphatic carbocycles. The number of aliphatic hydroxyl groups is 1.